The third-order valence-corrected chi connectivity index (χ3v) is 3.13. The molecule has 0 spiro atoms. The van der Waals surface area contributed by atoms with Crippen molar-refractivity contribution in [1.82, 2.24) is 0 Å². The first-order chi connectivity index (χ1) is 9.89. The summed E-state index contributed by atoms with van der Waals surface area (Å²) < 4.78 is 38.4. The molecule has 0 saturated heterocycles. The molecule has 4 heteroatoms. The highest BCUT2D eigenvalue weighted by Crippen LogP contribution is 2.33. The van der Waals surface area contributed by atoms with Crippen molar-refractivity contribution in [3.63, 3.8) is 0 Å². The van der Waals surface area contributed by atoms with Gasteiger partial charge in [-0.05, 0) is 30.2 Å². The summed E-state index contributed by atoms with van der Waals surface area (Å²) in [6, 6.07) is 12.7. The van der Waals surface area contributed by atoms with Gasteiger partial charge in [0.05, 0.1) is 5.56 Å². The van der Waals surface area contributed by atoms with Gasteiger partial charge >= 0.3 is 6.18 Å². The van der Waals surface area contributed by atoms with Crippen LogP contribution in [0.5, 0.6) is 0 Å². The van der Waals surface area contributed by atoms with E-state index in [1.54, 1.807) is 6.08 Å². The minimum Gasteiger partial charge on any atom is -0.289 e. The molecule has 0 amide bonds. The maximum atomic E-state index is 12.8. The quantitative estimate of drug-likeness (QED) is 0.580. The van der Waals surface area contributed by atoms with Crippen LogP contribution in [0.4, 0.5) is 13.2 Å². The van der Waals surface area contributed by atoms with Crippen LogP contribution in [0.2, 0.25) is 0 Å². The summed E-state index contributed by atoms with van der Waals surface area (Å²) in [5.74, 6) is -0.442. The minimum absolute atomic E-state index is 0.0484. The Balaban J connectivity index is 2.31. The van der Waals surface area contributed by atoms with Crippen LogP contribution < -0.4 is 0 Å². The minimum atomic E-state index is -4.45. The smallest absolute Gasteiger partial charge is 0.289 e. The predicted octanol–water partition coefficient (Wildman–Crippen LogP) is 4.91. The molecule has 2 aromatic rings. The molecule has 0 radical (unpaired) electrons. The first-order valence-corrected chi connectivity index (χ1v) is 6.34. The topological polar surface area (TPSA) is 17.1 Å². The van der Waals surface area contributed by atoms with Crippen molar-refractivity contribution in [2.45, 2.75) is 13.1 Å². The van der Waals surface area contributed by atoms with Gasteiger partial charge in [-0.3, -0.25) is 4.79 Å². The van der Waals surface area contributed by atoms with Gasteiger partial charge in [-0.2, -0.15) is 13.2 Å². The molecular weight excluding hydrogens is 277 g/mol. The van der Waals surface area contributed by atoms with Gasteiger partial charge in [0, 0.05) is 5.56 Å². The monoisotopic (exact) mass is 290 g/mol. The van der Waals surface area contributed by atoms with E-state index in [1.807, 2.05) is 30.3 Å². The van der Waals surface area contributed by atoms with Crippen molar-refractivity contribution < 1.29 is 18.0 Å². The van der Waals surface area contributed by atoms with E-state index in [4.69, 9.17) is 0 Å². The molecule has 0 aliphatic heterocycles. The molecule has 0 aromatic heterocycles. The molecule has 0 saturated carbocycles. The fourth-order valence-electron chi connectivity index (χ4n) is 2.04. The molecule has 0 aliphatic carbocycles. The van der Waals surface area contributed by atoms with E-state index in [9.17, 15) is 18.0 Å². The van der Waals surface area contributed by atoms with Gasteiger partial charge in [-0.1, -0.05) is 48.5 Å². The van der Waals surface area contributed by atoms with Crippen LogP contribution in [0.3, 0.4) is 0 Å². The number of allylic oxidation sites excluding steroid dienone is 1. The average molecular weight is 290 g/mol. The summed E-state index contributed by atoms with van der Waals surface area (Å²) in [4.78, 5) is 12.1. The number of benzene rings is 2. The molecule has 0 atom stereocenters. The number of alkyl halides is 3. The van der Waals surface area contributed by atoms with Gasteiger partial charge < -0.3 is 0 Å². The Morgan fingerprint density at radius 2 is 1.67 bits per heavy atom. The Hall–Kier alpha value is -2.36. The molecule has 0 bridgehead atoms. The van der Waals surface area contributed by atoms with E-state index in [-0.39, 0.29) is 11.1 Å². The van der Waals surface area contributed by atoms with Crippen molar-refractivity contribution in [2.24, 2.45) is 0 Å². The van der Waals surface area contributed by atoms with Gasteiger partial charge in [-0.15, -0.1) is 0 Å². The molecule has 21 heavy (non-hydrogen) atoms. The maximum Gasteiger partial charge on any atom is 0.416 e. The van der Waals surface area contributed by atoms with Crippen LogP contribution >= 0.6 is 0 Å². The van der Waals surface area contributed by atoms with Crippen molar-refractivity contribution in [2.75, 3.05) is 0 Å². The van der Waals surface area contributed by atoms with Crippen molar-refractivity contribution in [1.29, 1.82) is 0 Å². The SMILES string of the molecule is Cc1c(C(=O)C=Cc2ccccc2)cccc1C(F)(F)F. The normalized spacial score (nSPS) is 11.8. The number of rotatable bonds is 3. The van der Waals surface area contributed by atoms with Crippen LogP contribution in [0.1, 0.15) is 27.0 Å². The lowest BCUT2D eigenvalue weighted by molar-refractivity contribution is -0.138. The summed E-state index contributed by atoms with van der Waals surface area (Å²) in [6.07, 6.45) is -1.58. The average Bonchev–Trinajstić information content (AvgIpc) is 2.45. The lowest BCUT2D eigenvalue weighted by Gasteiger charge is -2.12. The van der Waals surface area contributed by atoms with Gasteiger partial charge in [-0.25, -0.2) is 0 Å². The maximum absolute atomic E-state index is 12.8. The van der Waals surface area contributed by atoms with Gasteiger partial charge in [0.2, 0.25) is 0 Å². The third kappa shape index (κ3) is 3.60. The highest BCUT2D eigenvalue weighted by Gasteiger charge is 2.33. The zero-order valence-electron chi connectivity index (χ0n) is 11.3. The number of hydrogen-bond donors (Lipinski definition) is 0. The number of ketones is 1. The molecule has 0 heterocycles. The van der Waals surface area contributed by atoms with E-state index < -0.39 is 17.5 Å². The standard InChI is InChI=1S/C17H13F3O/c1-12-14(8-5-9-15(12)17(18,19)20)16(21)11-10-13-6-3-2-4-7-13/h2-11H,1H3. The first-order valence-electron chi connectivity index (χ1n) is 6.34. The Bertz CT molecular complexity index is 670. The summed E-state index contributed by atoms with van der Waals surface area (Å²) in [6.45, 7) is 1.31. The third-order valence-electron chi connectivity index (χ3n) is 3.13. The lowest BCUT2D eigenvalue weighted by Crippen LogP contribution is -2.10. The summed E-state index contributed by atoms with van der Waals surface area (Å²) in [7, 11) is 0. The molecule has 0 unspecified atom stereocenters. The fraction of sp³-hybridized carbons (Fsp3) is 0.118. The molecule has 0 aliphatic rings. The predicted molar refractivity (Wildman–Crippen MR) is 76.0 cm³/mol. The molecular formula is C17H13F3O. The van der Waals surface area contributed by atoms with Crippen molar-refractivity contribution in [3.05, 3.63) is 76.9 Å². The highest BCUT2D eigenvalue weighted by molar-refractivity contribution is 6.07. The number of hydrogen-bond acceptors (Lipinski definition) is 1. The molecule has 2 rings (SSSR count). The zero-order chi connectivity index (χ0) is 15.5. The van der Waals surface area contributed by atoms with Gasteiger partial charge in [0.25, 0.3) is 0 Å². The highest BCUT2D eigenvalue weighted by atomic mass is 19.4. The fourth-order valence-corrected chi connectivity index (χ4v) is 2.04. The number of carbonyl (C=O) groups excluding carboxylic acids is 1. The molecule has 1 nitrogen and oxygen atoms in total. The van der Waals surface area contributed by atoms with Crippen LogP contribution in [0.25, 0.3) is 6.08 Å². The van der Waals surface area contributed by atoms with Crippen LogP contribution in [-0.2, 0) is 6.18 Å². The van der Waals surface area contributed by atoms with E-state index in [0.717, 1.165) is 11.6 Å². The van der Waals surface area contributed by atoms with E-state index in [0.29, 0.717) is 0 Å². The second kappa shape index (κ2) is 5.95. The van der Waals surface area contributed by atoms with Gasteiger partial charge in [0.1, 0.15) is 0 Å². The molecule has 108 valence electrons. The van der Waals surface area contributed by atoms with Gasteiger partial charge in [0.15, 0.2) is 5.78 Å². The van der Waals surface area contributed by atoms with Crippen LogP contribution in [0, 0.1) is 6.92 Å². The Labute approximate surface area is 120 Å². The Kier molecular flexibility index (Phi) is 4.26. The van der Waals surface area contributed by atoms with Crippen LogP contribution in [-0.4, -0.2) is 5.78 Å². The van der Waals surface area contributed by atoms with Crippen LogP contribution in [0.15, 0.2) is 54.6 Å². The summed E-state index contributed by atoms with van der Waals surface area (Å²) >= 11 is 0. The second-order valence-electron chi connectivity index (χ2n) is 4.58. The Morgan fingerprint density at radius 1 is 1.00 bits per heavy atom. The Morgan fingerprint density at radius 3 is 2.29 bits per heavy atom. The molecule has 0 N–H and O–H groups in total. The zero-order valence-corrected chi connectivity index (χ0v) is 11.3. The van der Waals surface area contributed by atoms with E-state index in [1.165, 1.54) is 25.1 Å². The first kappa shape index (κ1) is 15.0. The van der Waals surface area contributed by atoms with E-state index in [2.05, 4.69) is 0 Å². The largest absolute Gasteiger partial charge is 0.416 e. The second-order valence-corrected chi connectivity index (χ2v) is 4.58. The van der Waals surface area contributed by atoms with Crippen molar-refractivity contribution in [3.8, 4) is 0 Å². The lowest BCUT2D eigenvalue weighted by atomic mass is 9.98. The summed E-state index contributed by atoms with van der Waals surface area (Å²) in [5, 5.41) is 0. The number of carbonyl (C=O) groups is 1. The number of halogens is 3. The molecule has 2 aromatic carbocycles. The van der Waals surface area contributed by atoms with E-state index >= 15 is 0 Å². The summed E-state index contributed by atoms with van der Waals surface area (Å²) in [5.41, 5.74) is 0.0571. The van der Waals surface area contributed by atoms with Crippen molar-refractivity contribution >= 4 is 11.9 Å². The molecule has 0 fully saturated rings.